The average molecular weight is 340 g/mol. The monoisotopic (exact) mass is 340 g/mol. The Labute approximate surface area is 130 Å². The molecule has 0 amide bonds. The number of hydrogen-bond donors (Lipinski definition) is 0. The first-order valence-electron chi connectivity index (χ1n) is 6.61. The smallest absolute Gasteiger partial charge is 0.193 e. The van der Waals surface area contributed by atoms with Crippen LogP contribution >= 0.6 is 0 Å². The third kappa shape index (κ3) is 3.73. The summed E-state index contributed by atoms with van der Waals surface area (Å²) in [6.45, 7) is 3.73. The maximum absolute atomic E-state index is 12.1. The van der Waals surface area contributed by atoms with E-state index in [1.165, 1.54) is 24.3 Å². The Hall–Kier alpha value is -1.70. The summed E-state index contributed by atoms with van der Waals surface area (Å²) in [5.41, 5.74) is 1.80. The van der Waals surface area contributed by atoms with Gasteiger partial charge in [-0.3, -0.25) is 0 Å². The van der Waals surface area contributed by atoms with Crippen LogP contribution in [-0.2, 0) is 30.3 Å². The molecule has 0 atom stereocenters. The maximum Gasteiger partial charge on any atom is 0.311 e. The molecule has 2 aromatic carbocycles. The predicted molar refractivity (Wildman–Crippen MR) is 82.5 cm³/mol. The molecule has 118 valence electrons. The molecule has 0 bridgehead atoms. The molecule has 0 aliphatic rings. The Morgan fingerprint density at radius 1 is 0.773 bits per heavy atom. The fourth-order valence-electron chi connectivity index (χ4n) is 1.79. The van der Waals surface area contributed by atoms with Crippen LogP contribution in [0.4, 0.5) is 0 Å². The van der Waals surface area contributed by atoms with Gasteiger partial charge < -0.3 is 0 Å². The molecule has 0 aliphatic carbocycles. The molecule has 0 fully saturated rings. The minimum Gasteiger partial charge on any atom is -0.193 e. The zero-order chi connectivity index (χ0) is 16.4. The van der Waals surface area contributed by atoms with Crippen molar-refractivity contribution in [1.82, 2.24) is 0 Å². The highest BCUT2D eigenvalue weighted by Gasteiger charge is 2.26. The number of aryl methyl sites for hydroxylation is 2. The Kier molecular flexibility index (Phi) is 4.69. The highest BCUT2D eigenvalue weighted by Crippen LogP contribution is 2.21. The van der Waals surface area contributed by atoms with Gasteiger partial charge in [0.15, 0.2) is 0 Å². The Morgan fingerprint density at radius 2 is 1.18 bits per heavy atom. The van der Waals surface area contributed by atoms with Crippen LogP contribution in [0.1, 0.15) is 18.1 Å². The number of hydrogen-bond acceptors (Lipinski definition) is 5. The van der Waals surface area contributed by atoms with Gasteiger partial charge in [0.2, 0.25) is 0 Å². The topological polar surface area (TPSA) is 77.5 Å². The van der Waals surface area contributed by atoms with E-state index in [1.54, 1.807) is 31.2 Å². The third-order valence-corrected chi connectivity index (χ3v) is 6.24. The number of rotatable bonds is 5. The predicted octanol–water partition coefficient (Wildman–Crippen LogP) is 2.65. The second-order valence-corrected chi connectivity index (χ2v) is 8.09. The summed E-state index contributed by atoms with van der Waals surface area (Å²) in [6.07, 6.45) is 0.753. The Morgan fingerprint density at radius 3 is 1.59 bits per heavy atom. The van der Waals surface area contributed by atoms with Gasteiger partial charge in [-0.05, 0) is 43.2 Å². The van der Waals surface area contributed by atoms with Crippen LogP contribution < -0.4 is 0 Å². The molecule has 0 radical (unpaired) electrons. The fraction of sp³-hybridized carbons (Fsp3) is 0.200. The first kappa shape index (κ1) is 16.7. The van der Waals surface area contributed by atoms with Crippen molar-refractivity contribution in [3.63, 3.8) is 0 Å². The molecule has 0 unspecified atom stereocenters. The summed E-state index contributed by atoms with van der Waals surface area (Å²) in [4.78, 5) is -0.396. The van der Waals surface area contributed by atoms with Crippen LogP contribution in [0.25, 0.3) is 0 Å². The van der Waals surface area contributed by atoms with Gasteiger partial charge in [0.25, 0.3) is 0 Å². The van der Waals surface area contributed by atoms with Crippen LogP contribution in [-0.4, -0.2) is 16.8 Å². The van der Waals surface area contributed by atoms with Gasteiger partial charge in [-0.1, -0.05) is 36.8 Å². The molecule has 2 aromatic rings. The molecule has 0 heterocycles. The molecule has 2 rings (SSSR count). The van der Waals surface area contributed by atoms with Crippen molar-refractivity contribution in [2.24, 2.45) is 0 Å². The number of benzene rings is 2. The minimum atomic E-state index is -4.39. The van der Waals surface area contributed by atoms with E-state index >= 15 is 0 Å². The van der Waals surface area contributed by atoms with E-state index in [1.807, 2.05) is 6.92 Å². The summed E-state index contributed by atoms with van der Waals surface area (Å²) in [5.74, 6) is 0. The lowest BCUT2D eigenvalue weighted by atomic mass is 10.2. The summed E-state index contributed by atoms with van der Waals surface area (Å²) in [5, 5.41) is 0. The average Bonchev–Trinajstić information content (AvgIpc) is 2.46. The summed E-state index contributed by atoms with van der Waals surface area (Å²) >= 11 is 0. The van der Waals surface area contributed by atoms with Crippen LogP contribution in [0, 0.1) is 6.92 Å². The Bertz CT molecular complexity index is 849. The lowest BCUT2D eigenvalue weighted by Crippen LogP contribution is -2.14. The van der Waals surface area contributed by atoms with Crippen molar-refractivity contribution in [3.05, 3.63) is 59.7 Å². The normalized spacial score (nSPS) is 12.3. The molecular formula is C15H16O5S2. The maximum atomic E-state index is 12.1. The van der Waals surface area contributed by atoms with E-state index in [0.29, 0.717) is 0 Å². The third-order valence-electron chi connectivity index (χ3n) is 3.11. The molecule has 0 N–H and O–H groups in total. The fourth-order valence-corrected chi connectivity index (χ4v) is 4.30. The van der Waals surface area contributed by atoms with Gasteiger partial charge in [-0.2, -0.15) is 16.8 Å². The van der Waals surface area contributed by atoms with Crippen LogP contribution in [0.15, 0.2) is 58.3 Å². The second-order valence-electron chi connectivity index (χ2n) is 4.79. The van der Waals surface area contributed by atoms with Gasteiger partial charge in [0.1, 0.15) is 0 Å². The van der Waals surface area contributed by atoms with Gasteiger partial charge in [-0.15, -0.1) is 3.63 Å². The quantitative estimate of drug-likeness (QED) is 0.836. The van der Waals surface area contributed by atoms with Crippen molar-refractivity contribution in [2.75, 3.05) is 0 Å². The first-order chi connectivity index (χ1) is 10.2. The van der Waals surface area contributed by atoms with Crippen molar-refractivity contribution in [2.45, 2.75) is 30.1 Å². The van der Waals surface area contributed by atoms with E-state index in [0.717, 1.165) is 17.5 Å². The van der Waals surface area contributed by atoms with Gasteiger partial charge in [-0.25, -0.2) is 0 Å². The first-order valence-corrected chi connectivity index (χ1v) is 9.43. The van der Waals surface area contributed by atoms with E-state index in [-0.39, 0.29) is 9.79 Å². The lowest BCUT2D eigenvalue weighted by Gasteiger charge is -2.07. The standard InChI is InChI=1S/C15H16O5S2/c1-3-13-6-10-15(11-7-13)22(18,19)20-21(16,17)14-8-4-12(2)5-9-14/h4-11H,3H2,1-2H3. The molecule has 5 nitrogen and oxygen atoms in total. The van der Waals surface area contributed by atoms with Crippen LogP contribution in [0.3, 0.4) is 0 Å². The SMILES string of the molecule is CCc1ccc(S(=O)(=O)OS(=O)(=O)c2ccc(C)cc2)cc1. The summed E-state index contributed by atoms with van der Waals surface area (Å²) in [6, 6.07) is 11.7. The molecule has 0 spiro atoms. The van der Waals surface area contributed by atoms with Crippen molar-refractivity contribution < 1.29 is 20.5 Å². The summed E-state index contributed by atoms with van der Waals surface area (Å²) < 4.78 is 52.7. The van der Waals surface area contributed by atoms with Gasteiger partial charge in [0, 0.05) is 0 Å². The molecule has 0 saturated carbocycles. The van der Waals surface area contributed by atoms with E-state index in [9.17, 15) is 16.8 Å². The lowest BCUT2D eigenvalue weighted by molar-refractivity contribution is 0.461. The summed E-state index contributed by atoms with van der Waals surface area (Å²) in [7, 11) is -8.78. The second kappa shape index (κ2) is 6.20. The highest BCUT2D eigenvalue weighted by molar-refractivity contribution is 7.99. The van der Waals surface area contributed by atoms with Crippen molar-refractivity contribution >= 4 is 20.2 Å². The minimum absolute atomic E-state index is 0.194. The van der Waals surface area contributed by atoms with E-state index in [4.69, 9.17) is 0 Å². The van der Waals surface area contributed by atoms with Crippen molar-refractivity contribution in [3.8, 4) is 0 Å². The molecule has 0 saturated heterocycles. The molecule has 7 heteroatoms. The largest absolute Gasteiger partial charge is 0.311 e. The molecule has 0 aromatic heterocycles. The van der Waals surface area contributed by atoms with E-state index in [2.05, 4.69) is 3.63 Å². The Balaban J connectivity index is 2.32. The molecule has 22 heavy (non-hydrogen) atoms. The zero-order valence-electron chi connectivity index (χ0n) is 12.2. The highest BCUT2D eigenvalue weighted by atomic mass is 32.3. The molecular weight excluding hydrogens is 324 g/mol. The molecule has 0 aliphatic heterocycles. The van der Waals surface area contributed by atoms with Crippen LogP contribution in [0.5, 0.6) is 0 Å². The van der Waals surface area contributed by atoms with Gasteiger partial charge in [0.05, 0.1) is 9.79 Å². The van der Waals surface area contributed by atoms with Crippen LogP contribution in [0.2, 0.25) is 0 Å². The van der Waals surface area contributed by atoms with Crippen molar-refractivity contribution in [1.29, 1.82) is 0 Å². The van der Waals surface area contributed by atoms with Gasteiger partial charge >= 0.3 is 20.2 Å². The van der Waals surface area contributed by atoms with E-state index < -0.39 is 20.2 Å². The zero-order valence-corrected chi connectivity index (χ0v) is 13.8.